The second-order valence-corrected chi connectivity index (χ2v) is 5.25. The van der Waals surface area contributed by atoms with Crippen LogP contribution < -0.4 is 0 Å². The van der Waals surface area contributed by atoms with E-state index in [4.69, 9.17) is 4.74 Å². The predicted molar refractivity (Wildman–Crippen MR) is 69.7 cm³/mol. The van der Waals surface area contributed by atoms with Crippen molar-refractivity contribution in [2.75, 3.05) is 13.7 Å². The predicted octanol–water partition coefficient (Wildman–Crippen LogP) is 2.37. The average molecular weight is 298 g/mol. The molecule has 92 valence electrons. The van der Waals surface area contributed by atoms with Gasteiger partial charge < -0.3 is 4.74 Å². The molecule has 1 heterocycles. The minimum absolute atomic E-state index is 0.163. The van der Waals surface area contributed by atoms with Crippen LogP contribution in [0.5, 0.6) is 0 Å². The number of benzene rings is 1. The van der Waals surface area contributed by atoms with Crippen molar-refractivity contribution < 1.29 is 9.53 Å². The molecule has 0 fully saturated rings. The highest BCUT2D eigenvalue weighted by Crippen LogP contribution is 2.24. The first kappa shape index (κ1) is 12.6. The van der Waals surface area contributed by atoms with Gasteiger partial charge in [0.05, 0.1) is 7.11 Å². The number of hydrogen-bond donors (Lipinski definition) is 0. The minimum Gasteiger partial charge on any atom is -0.468 e. The summed E-state index contributed by atoms with van der Waals surface area (Å²) >= 11 is 3.48. The van der Waals surface area contributed by atoms with Crippen molar-refractivity contribution in [1.29, 1.82) is 0 Å². The van der Waals surface area contributed by atoms with Gasteiger partial charge in [-0.2, -0.15) is 0 Å². The van der Waals surface area contributed by atoms with E-state index in [-0.39, 0.29) is 12.0 Å². The molecule has 0 saturated heterocycles. The lowest BCUT2D eigenvalue weighted by Gasteiger charge is -2.32. The second-order valence-electron chi connectivity index (χ2n) is 4.33. The first-order chi connectivity index (χ1) is 8.11. The van der Waals surface area contributed by atoms with Crippen molar-refractivity contribution in [2.45, 2.75) is 25.9 Å². The number of hydrogen-bond acceptors (Lipinski definition) is 3. The van der Waals surface area contributed by atoms with E-state index in [2.05, 4.69) is 39.0 Å². The molecule has 4 heteroatoms. The minimum atomic E-state index is -0.174. The number of nitrogens with zero attached hydrogens (tertiary/aromatic N) is 1. The Kier molecular flexibility index (Phi) is 3.84. The van der Waals surface area contributed by atoms with Gasteiger partial charge in [0.2, 0.25) is 0 Å². The van der Waals surface area contributed by atoms with Crippen LogP contribution in [0.15, 0.2) is 22.7 Å². The zero-order chi connectivity index (χ0) is 12.4. The van der Waals surface area contributed by atoms with Crippen LogP contribution in [0.3, 0.4) is 0 Å². The first-order valence-corrected chi connectivity index (χ1v) is 6.50. The summed E-state index contributed by atoms with van der Waals surface area (Å²) in [4.78, 5) is 13.7. The lowest BCUT2D eigenvalue weighted by Crippen LogP contribution is -2.42. The van der Waals surface area contributed by atoms with Gasteiger partial charge in [0.1, 0.15) is 6.04 Å². The Hall–Kier alpha value is -0.870. The Bertz CT molecular complexity index is 433. The number of carbonyl (C=O) groups is 1. The highest BCUT2D eigenvalue weighted by atomic mass is 79.9. The summed E-state index contributed by atoms with van der Waals surface area (Å²) in [5, 5.41) is 0. The molecule has 0 saturated carbocycles. The maximum absolute atomic E-state index is 11.5. The molecule has 3 nitrogen and oxygen atoms in total. The summed E-state index contributed by atoms with van der Waals surface area (Å²) in [6, 6.07) is 6.18. The zero-order valence-corrected chi connectivity index (χ0v) is 11.7. The lowest BCUT2D eigenvalue weighted by atomic mass is 9.99. The molecule has 0 bridgehead atoms. The number of carbonyl (C=O) groups excluding carboxylic acids is 1. The van der Waals surface area contributed by atoms with Gasteiger partial charge in [-0.25, -0.2) is 0 Å². The second kappa shape index (κ2) is 5.19. The molecule has 1 aliphatic heterocycles. The Morgan fingerprint density at radius 2 is 2.24 bits per heavy atom. The van der Waals surface area contributed by atoms with Crippen molar-refractivity contribution in [3.8, 4) is 0 Å². The Balaban J connectivity index is 2.15. The van der Waals surface area contributed by atoms with E-state index in [0.29, 0.717) is 0 Å². The monoisotopic (exact) mass is 297 g/mol. The summed E-state index contributed by atoms with van der Waals surface area (Å²) in [5.74, 6) is -0.163. The molecule has 1 aliphatic rings. The number of methoxy groups -OCH3 is 1. The van der Waals surface area contributed by atoms with Crippen LogP contribution in [-0.2, 0) is 22.5 Å². The summed E-state index contributed by atoms with van der Waals surface area (Å²) in [7, 11) is 1.44. The van der Waals surface area contributed by atoms with Crippen LogP contribution in [-0.4, -0.2) is 30.6 Å². The van der Waals surface area contributed by atoms with Gasteiger partial charge in [-0.05, 0) is 36.6 Å². The molecule has 0 spiro atoms. The largest absolute Gasteiger partial charge is 0.468 e. The summed E-state index contributed by atoms with van der Waals surface area (Å²) in [6.07, 6.45) is 0.990. The van der Waals surface area contributed by atoms with E-state index in [1.807, 2.05) is 6.92 Å². The topological polar surface area (TPSA) is 29.5 Å². The lowest BCUT2D eigenvalue weighted by molar-refractivity contribution is -0.146. The van der Waals surface area contributed by atoms with Crippen LogP contribution in [0.25, 0.3) is 0 Å². The quantitative estimate of drug-likeness (QED) is 0.785. The van der Waals surface area contributed by atoms with Crippen molar-refractivity contribution in [3.05, 3.63) is 33.8 Å². The third kappa shape index (κ3) is 2.69. The third-order valence-electron chi connectivity index (χ3n) is 3.30. The van der Waals surface area contributed by atoms with E-state index in [1.54, 1.807) is 0 Å². The molecule has 17 heavy (non-hydrogen) atoms. The maximum Gasteiger partial charge on any atom is 0.322 e. The van der Waals surface area contributed by atoms with Crippen molar-refractivity contribution in [3.63, 3.8) is 0 Å². The molecule has 1 unspecified atom stereocenters. The molecule has 0 N–H and O–H groups in total. The number of esters is 1. The Morgan fingerprint density at radius 3 is 2.94 bits per heavy atom. The van der Waals surface area contributed by atoms with Crippen molar-refractivity contribution in [1.82, 2.24) is 4.90 Å². The van der Waals surface area contributed by atoms with Gasteiger partial charge in [-0.1, -0.05) is 22.0 Å². The normalized spacial score (nSPS) is 17.4. The van der Waals surface area contributed by atoms with Gasteiger partial charge in [-0.15, -0.1) is 0 Å². The fraction of sp³-hybridized carbons (Fsp3) is 0.462. The summed E-state index contributed by atoms with van der Waals surface area (Å²) < 4.78 is 5.87. The molecular weight excluding hydrogens is 282 g/mol. The van der Waals surface area contributed by atoms with E-state index in [1.165, 1.54) is 18.2 Å². The Morgan fingerprint density at radius 1 is 1.47 bits per heavy atom. The average Bonchev–Trinajstić information content (AvgIpc) is 2.36. The molecule has 1 atom stereocenters. The van der Waals surface area contributed by atoms with Gasteiger partial charge >= 0.3 is 5.97 Å². The molecule has 2 rings (SSSR count). The molecular formula is C13H16BrNO2. The molecule has 1 aromatic carbocycles. The van der Waals surface area contributed by atoms with Gasteiger partial charge in [0, 0.05) is 17.6 Å². The van der Waals surface area contributed by atoms with Crippen molar-refractivity contribution >= 4 is 21.9 Å². The van der Waals surface area contributed by atoms with Gasteiger partial charge in [0.25, 0.3) is 0 Å². The standard InChI is InChI=1S/C13H16BrNO2/c1-9(13(16)17-2)15-6-5-10-3-4-12(14)7-11(10)8-15/h3-4,7,9H,5-6,8H2,1-2H3. The zero-order valence-electron chi connectivity index (χ0n) is 10.1. The summed E-state index contributed by atoms with van der Waals surface area (Å²) in [6.45, 7) is 3.62. The number of rotatable bonds is 2. The van der Waals surface area contributed by atoms with E-state index in [0.717, 1.165) is 24.0 Å². The third-order valence-corrected chi connectivity index (χ3v) is 3.79. The van der Waals surface area contributed by atoms with Crippen LogP contribution in [0.4, 0.5) is 0 Å². The number of fused-ring (bicyclic) bond motifs is 1. The van der Waals surface area contributed by atoms with Crippen LogP contribution in [0.1, 0.15) is 18.1 Å². The van der Waals surface area contributed by atoms with E-state index >= 15 is 0 Å². The molecule has 0 radical (unpaired) electrons. The fourth-order valence-corrected chi connectivity index (χ4v) is 2.61. The fourth-order valence-electron chi connectivity index (χ4n) is 2.20. The molecule has 0 aliphatic carbocycles. The molecule has 0 amide bonds. The molecule has 1 aromatic rings. The van der Waals surface area contributed by atoms with Crippen LogP contribution in [0, 0.1) is 0 Å². The van der Waals surface area contributed by atoms with Gasteiger partial charge in [-0.3, -0.25) is 9.69 Å². The van der Waals surface area contributed by atoms with Crippen LogP contribution in [0.2, 0.25) is 0 Å². The number of ether oxygens (including phenoxy) is 1. The highest BCUT2D eigenvalue weighted by Gasteiger charge is 2.25. The van der Waals surface area contributed by atoms with Crippen LogP contribution >= 0.6 is 15.9 Å². The summed E-state index contributed by atoms with van der Waals surface area (Å²) in [5.41, 5.74) is 2.67. The Labute approximate surface area is 110 Å². The maximum atomic E-state index is 11.5. The van der Waals surface area contributed by atoms with E-state index in [9.17, 15) is 4.79 Å². The van der Waals surface area contributed by atoms with Gasteiger partial charge in [0.15, 0.2) is 0 Å². The molecule has 0 aromatic heterocycles. The SMILES string of the molecule is COC(=O)C(C)N1CCc2ccc(Br)cc2C1. The highest BCUT2D eigenvalue weighted by molar-refractivity contribution is 9.10. The van der Waals surface area contributed by atoms with Crippen molar-refractivity contribution in [2.24, 2.45) is 0 Å². The number of halogens is 1. The van der Waals surface area contributed by atoms with E-state index < -0.39 is 0 Å². The first-order valence-electron chi connectivity index (χ1n) is 5.71. The smallest absolute Gasteiger partial charge is 0.322 e.